The molecule has 0 aromatic heterocycles. The van der Waals surface area contributed by atoms with Crippen molar-refractivity contribution in [1.82, 2.24) is 0 Å². The fraction of sp³-hybridized carbons (Fsp3) is 0.826. The Balaban J connectivity index is 2.52. The molecule has 1 saturated carbocycles. The lowest BCUT2D eigenvalue weighted by Crippen LogP contribution is -2.59. The first-order valence-corrected chi connectivity index (χ1v) is 14.0. The van der Waals surface area contributed by atoms with E-state index in [9.17, 15) is 9.59 Å². The van der Waals surface area contributed by atoms with Crippen LogP contribution in [0.5, 0.6) is 0 Å². The molecule has 2 aliphatic rings. The maximum Gasteiger partial charge on any atom is 0.306 e. The average Bonchev–Trinajstić information content (AvgIpc) is 2.98. The molecule has 0 N–H and O–H groups in total. The molecule has 1 heterocycles. The van der Waals surface area contributed by atoms with Gasteiger partial charge in [0.2, 0.25) is 0 Å². The summed E-state index contributed by atoms with van der Waals surface area (Å²) in [5.74, 6) is -1.000. The fourth-order valence-electron chi connectivity index (χ4n) is 5.20. The van der Waals surface area contributed by atoms with Gasteiger partial charge in [0.15, 0.2) is 5.79 Å². The third-order valence-corrected chi connectivity index (χ3v) is 13.0. The quantitative estimate of drug-likeness (QED) is 0.322. The topological polar surface area (TPSA) is 61.8 Å². The van der Waals surface area contributed by atoms with Crippen molar-refractivity contribution in [2.24, 2.45) is 10.8 Å². The van der Waals surface area contributed by atoms with Crippen LogP contribution < -0.4 is 0 Å². The summed E-state index contributed by atoms with van der Waals surface area (Å²) >= 11 is 0. The normalized spacial score (nSPS) is 29.8. The number of hydrogen-bond donors (Lipinski definition) is 0. The molecule has 0 amide bonds. The SMILES string of the molecule is C=CC[C@@]1(CC(=O)OCC)CC2(C[C@@](C)(C[Si](C)(C)C(C)(C)C)C1=O)OCCO2. The molecule has 2 fully saturated rings. The second kappa shape index (κ2) is 8.27. The Morgan fingerprint density at radius 2 is 1.83 bits per heavy atom. The standard InChI is InChI=1S/C23H40O5Si/c1-9-11-22(14-18(24)26-10-2)16-23(27-12-13-28-23)15-21(6,19(22)25)17-29(7,8)20(3,4)5/h9H,1,10-17H2,2-8H3/t21-,22+/m0/s1. The maximum absolute atomic E-state index is 14.1. The van der Waals surface area contributed by atoms with E-state index >= 15 is 0 Å². The van der Waals surface area contributed by atoms with E-state index in [-0.39, 0.29) is 23.2 Å². The van der Waals surface area contributed by atoms with E-state index in [0.717, 1.165) is 6.04 Å². The maximum atomic E-state index is 14.1. The zero-order valence-electron chi connectivity index (χ0n) is 19.5. The fourth-order valence-corrected chi connectivity index (χ4v) is 7.97. The molecular formula is C23H40O5Si. The number of carbonyl (C=O) groups excluding carboxylic acids is 2. The van der Waals surface area contributed by atoms with Gasteiger partial charge in [-0.15, -0.1) is 6.58 Å². The van der Waals surface area contributed by atoms with Crippen LogP contribution in [0, 0.1) is 10.8 Å². The number of esters is 1. The number of hydrogen-bond acceptors (Lipinski definition) is 5. The Hall–Kier alpha value is -0.983. The smallest absolute Gasteiger partial charge is 0.306 e. The lowest BCUT2D eigenvalue weighted by atomic mass is 9.57. The third kappa shape index (κ3) is 4.85. The van der Waals surface area contributed by atoms with Gasteiger partial charge in [0, 0.05) is 23.7 Å². The first-order chi connectivity index (χ1) is 13.2. The van der Waals surface area contributed by atoms with Gasteiger partial charge in [-0.3, -0.25) is 9.59 Å². The summed E-state index contributed by atoms with van der Waals surface area (Å²) in [5, 5.41) is 0.153. The van der Waals surface area contributed by atoms with Crippen molar-refractivity contribution in [1.29, 1.82) is 0 Å². The molecule has 5 nitrogen and oxygen atoms in total. The van der Waals surface area contributed by atoms with E-state index in [1.54, 1.807) is 13.0 Å². The van der Waals surface area contributed by atoms with Crippen LogP contribution in [0.2, 0.25) is 24.2 Å². The van der Waals surface area contributed by atoms with Crippen LogP contribution in [0.25, 0.3) is 0 Å². The average molecular weight is 425 g/mol. The highest BCUT2D eigenvalue weighted by Crippen LogP contribution is 2.58. The van der Waals surface area contributed by atoms with Crippen molar-refractivity contribution in [3.63, 3.8) is 0 Å². The zero-order chi connectivity index (χ0) is 22.1. The molecule has 0 unspecified atom stereocenters. The minimum absolute atomic E-state index is 0.0489. The first-order valence-electron chi connectivity index (χ1n) is 10.8. The number of allylic oxidation sites excluding steroid dienone is 1. The summed E-state index contributed by atoms with van der Waals surface area (Å²) in [7, 11) is -1.79. The van der Waals surface area contributed by atoms with Crippen molar-refractivity contribution in [2.45, 2.75) is 90.3 Å². The van der Waals surface area contributed by atoms with Crippen molar-refractivity contribution < 1.29 is 23.8 Å². The van der Waals surface area contributed by atoms with E-state index in [2.05, 4.69) is 47.4 Å². The molecule has 1 saturated heterocycles. The second-order valence-corrected chi connectivity index (χ2v) is 16.5. The minimum atomic E-state index is -1.79. The molecule has 166 valence electrons. The molecule has 1 spiro atoms. The molecule has 1 aliphatic carbocycles. The third-order valence-electron chi connectivity index (χ3n) is 7.30. The summed E-state index contributed by atoms with van der Waals surface area (Å²) in [6, 6.07) is 0.832. The van der Waals surface area contributed by atoms with Gasteiger partial charge >= 0.3 is 5.97 Å². The summed E-state index contributed by atoms with van der Waals surface area (Å²) in [4.78, 5) is 26.6. The first kappa shape index (κ1) is 24.3. The second-order valence-electron chi connectivity index (χ2n) is 10.9. The molecule has 0 bridgehead atoms. The predicted octanol–water partition coefficient (Wildman–Crippen LogP) is 5.12. The van der Waals surface area contributed by atoms with Crippen molar-refractivity contribution in [2.75, 3.05) is 19.8 Å². The highest BCUT2D eigenvalue weighted by molar-refractivity contribution is 6.80. The van der Waals surface area contributed by atoms with Gasteiger partial charge in [0.25, 0.3) is 0 Å². The van der Waals surface area contributed by atoms with Crippen LogP contribution in [0.1, 0.15) is 60.3 Å². The van der Waals surface area contributed by atoms with Crippen molar-refractivity contribution in [3.8, 4) is 0 Å². The predicted molar refractivity (Wildman–Crippen MR) is 117 cm³/mol. The number of rotatable bonds is 7. The molecule has 2 rings (SSSR count). The highest BCUT2D eigenvalue weighted by atomic mass is 28.3. The van der Waals surface area contributed by atoms with E-state index in [4.69, 9.17) is 14.2 Å². The molecule has 0 aromatic rings. The summed E-state index contributed by atoms with van der Waals surface area (Å²) in [6.07, 6.45) is 3.15. The molecule has 29 heavy (non-hydrogen) atoms. The summed E-state index contributed by atoms with van der Waals surface area (Å²) < 4.78 is 17.5. The van der Waals surface area contributed by atoms with Crippen LogP contribution in [0.15, 0.2) is 12.7 Å². The van der Waals surface area contributed by atoms with Crippen LogP contribution >= 0.6 is 0 Å². The lowest BCUT2D eigenvalue weighted by molar-refractivity contribution is -0.222. The Labute approximate surface area is 177 Å². The van der Waals surface area contributed by atoms with Crippen LogP contribution in [0.3, 0.4) is 0 Å². The van der Waals surface area contributed by atoms with Gasteiger partial charge in [0.05, 0.1) is 34.3 Å². The molecule has 0 aromatic carbocycles. The number of carbonyl (C=O) groups is 2. The summed E-state index contributed by atoms with van der Waals surface area (Å²) in [6.45, 7) is 20.6. The Morgan fingerprint density at radius 1 is 1.24 bits per heavy atom. The Bertz CT molecular complexity index is 644. The monoisotopic (exact) mass is 424 g/mol. The van der Waals surface area contributed by atoms with Gasteiger partial charge in [-0.05, 0) is 24.4 Å². The van der Waals surface area contributed by atoms with E-state index in [1.807, 2.05) is 0 Å². The number of ketones is 1. The Kier molecular flexibility index (Phi) is 6.93. The van der Waals surface area contributed by atoms with E-state index in [0.29, 0.717) is 39.1 Å². The van der Waals surface area contributed by atoms with Gasteiger partial charge < -0.3 is 14.2 Å². The van der Waals surface area contributed by atoms with Crippen LogP contribution in [-0.4, -0.2) is 45.4 Å². The van der Waals surface area contributed by atoms with Crippen LogP contribution in [0.4, 0.5) is 0 Å². The van der Waals surface area contributed by atoms with Crippen LogP contribution in [-0.2, 0) is 23.8 Å². The van der Waals surface area contributed by atoms with Gasteiger partial charge in [-0.25, -0.2) is 0 Å². The van der Waals surface area contributed by atoms with Gasteiger partial charge in [-0.2, -0.15) is 0 Å². The number of ether oxygens (including phenoxy) is 3. The zero-order valence-corrected chi connectivity index (χ0v) is 20.5. The lowest BCUT2D eigenvalue weighted by Gasteiger charge is -2.54. The minimum Gasteiger partial charge on any atom is -0.466 e. The highest BCUT2D eigenvalue weighted by Gasteiger charge is 2.62. The van der Waals surface area contributed by atoms with Crippen molar-refractivity contribution >= 4 is 19.8 Å². The molecule has 1 aliphatic heterocycles. The molecule has 0 radical (unpaired) electrons. The van der Waals surface area contributed by atoms with E-state index in [1.165, 1.54) is 0 Å². The summed E-state index contributed by atoms with van der Waals surface area (Å²) in [5.41, 5.74) is -1.51. The molecule has 6 heteroatoms. The largest absolute Gasteiger partial charge is 0.466 e. The Morgan fingerprint density at radius 3 is 2.31 bits per heavy atom. The molecular weight excluding hydrogens is 384 g/mol. The van der Waals surface area contributed by atoms with Crippen molar-refractivity contribution in [3.05, 3.63) is 12.7 Å². The molecule has 2 atom stereocenters. The van der Waals surface area contributed by atoms with Gasteiger partial charge in [0.1, 0.15) is 5.78 Å². The number of Topliss-reactive ketones (excluding diaryl/α,β-unsaturated/α-hetero) is 1. The van der Waals surface area contributed by atoms with Gasteiger partial charge in [-0.1, -0.05) is 46.9 Å². The van der Waals surface area contributed by atoms with E-state index < -0.39 is 24.7 Å².